The minimum Gasteiger partial charge on any atom is -0.361 e. The maximum absolute atomic E-state index is 11.6. The Kier molecular flexibility index (Phi) is 5.40. The molecule has 3 nitrogen and oxygen atoms in total. The number of fused-ring (bicyclic) bond motifs is 3. The lowest BCUT2D eigenvalue weighted by Gasteiger charge is -2.35. The summed E-state index contributed by atoms with van der Waals surface area (Å²) in [5.41, 5.74) is 5.32. The number of rotatable bonds is 7. The smallest absolute Gasteiger partial charge is 0.134 e. The highest BCUT2D eigenvalue weighted by atomic mass is 16.1. The Balaban J connectivity index is 1.90. The zero-order valence-electron chi connectivity index (χ0n) is 15.3. The van der Waals surface area contributed by atoms with Crippen molar-refractivity contribution in [2.75, 3.05) is 13.1 Å². The number of benzene rings is 1. The highest BCUT2D eigenvalue weighted by molar-refractivity contribution is 5.92. The predicted molar refractivity (Wildman–Crippen MR) is 101 cm³/mol. The van der Waals surface area contributed by atoms with Crippen molar-refractivity contribution < 1.29 is 4.79 Å². The highest BCUT2D eigenvalue weighted by Gasteiger charge is 2.25. The predicted octanol–water partition coefficient (Wildman–Crippen LogP) is 4.28. The first-order valence-corrected chi connectivity index (χ1v) is 9.48. The van der Waals surface area contributed by atoms with Crippen molar-refractivity contribution in [1.82, 2.24) is 9.88 Å². The molecule has 1 unspecified atom stereocenters. The number of aryl methyl sites for hydroxylation is 1. The van der Waals surface area contributed by atoms with Crippen molar-refractivity contribution in [1.29, 1.82) is 0 Å². The number of carbonyl (C=O) groups excluding carboxylic acids is 1. The minimum atomic E-state index is 0.235. The van der Waals surface area contributed by atoms with E-state index < -0.39 is 0 Å². The molecule has 130 valence electrons. The summed E-state index contributed by atoms with van der Waals surface area (Å²) in [6.07, 6.45) is 8.53. The second kappa shape index (κ2) is 7.52. The molecule has 0 spiro atoms. The van der Waals surface area contributed by atoms with Crippen LogP contribution in [0.3, 0.4) is 0 Å². The van der Waals surface area contributed by atoms with Gasteiger partial charge in [-0.25, -0.2) is 0 Å². The van der Waals surface area contributed by atoms with Crippen molar-refractivity contribution in [2.45, 2.75) is 65.3 Å². The number of aromatic amines is 1. The van der Waals surface area contributed by atoms with E-state index in [0.717, 1.165) is 12.8 Å². The van der Waals surface area contributed by atoms with E-state index in [-0.39, 0.29) is 5.78 Å². The summed E-state index contributed by atoms with van der Waals surface area (Å²) in [4.78, 5) is 17.6. The van der Waals surface area contributed by atoms with Crippen LogP contribution in [-0.4, -0.2) is 34.8 Å². The third-order valence-electron chi connectivity index (χ3n) is 5.29. The van der Waals surface area contributed by atoms with Crippen LogP contribution in [0.2, 0.25) is 0 Å². The number of H-pyrrole nitrogens is 1. The lowest BCUT2D eigenvalue weighted by molar-refractivity contribution is -0.116. The Morgan fingerprint density at radius 1 is 1.25 bits per heavy atom. The first kappa shape index (κ1) is 17.2. The number of hydrogen-bond donors (Lipinski definition) is 1. The summed E-state index contributed by atoms with van der Waals surface area (Å²) in [6, 6.07) is 5.17. The largest absolute Gasteiger partial charge is 0.361 e. The molecular formula is C21H30N2O. The van der Waals surface area contributed by atoms with E-state index in [9.17, 15) is 4.79 Å². The van der Waals surface area contributed by atoms with Gasteiger partial charge in [-0.1, -0.05) is 19.9 Å². The van der Waals surface area contributed by atoms with E-state index in [1.807, 2.05) is 6.20 Å². The molecule has 0 saturated carbocycles. The molecule has 1 aliphatic rings. The van der Waals surface area contributed by atoms with Gasteiger partial charge in [-0.05, 0) is 74.9 Å². The van der Waals surface area contributed by atoms with Crippen molar-refractivity contribution in [2.24, 2.45) is 0 Å². The summed E-state index contributed by atoms with van der Waals surface area (Å²) in [5, 5.41) is 1.32. The van der Waals surface area contributed by atoms with Crippen LogP contribution in [0.4, 0.5) is 0 Å². The van der Waals surface area contributed by atoms with Crippen LogP contribution in [0.1, 0.15) is 56.7 Å². The third kappa shape index (κ3) is 3.41. The Morgan fingerprint density at radius 2 is 2.00 bits per heavy atom. The second-order valence-electron chi connectivity index (χ2n) is 7.25. The Morgan fingerprint density at radius 3 is 2.67 bits per heavy atom. The summed E-state index contributed by atoms with van der Waals surface area (Å²) >= 11 is 0. The van der Waals surface area contributed by atoms with Gasteiger partial charge < -0.3 is 9.88 Å². The molecular weight excluding hydrogens is 296 g/mol. The average molecular weight is 326 g/mol. The molecule has 24 heavy (non-hydrogen) atoms. The SMILES string of the molecule is CCCN(CCC)C1CCc2c(ccc3[nH]cc(CC(C)=O)c23)C1. The van der Waals surface area contributed by atoms with Crippen LogP contribution in [-0.2, 0) is 24.1 Å². The van der Waals surface area contributed by atoms with Gasteiger partial charge in [-0.3, -0.25) is 4.79 Å². The molecule has 2 aromatic rings. The number of ketones is 1. The Bertz CT molecular complexity index is 710. The quantitative estimate of drug-likeness (QED) is 0.824. The van der Waals surface area contributed by atoms with Gasteiger partial charge in [-0.15, -0.1) is 0 Å². The Hall–Kier alpha value is -1.61. The number of hydrogen-bond acceptors (Lipinski definition) is 2. The van der Waals surface area contributed by atoms with Crippen LogP contribution in [0, 0.1) is 0 Å². The zero-order chi connectivity index (χ0) is 17.1. The standard InChI is InChI=1S/C21H30N2O/c1-4-10-23(11-5-2)18-7-8-19-16(13-18)6-9-20-21(19)17(14-22-20)12-15(3)24/h6,9,14,18,22H,4-5,7-8,10-13H2,1-3H3. The first-order valence-electron chi connectivity index (χ1n) is 9.48. The van der Waals surface area contributed by atoms with Crippen LogP contribution in [0.5, 0.6) is 0 Å². The maximum atomic E-state index is 11.6. The van der Waals surface area contributed by atoms with E-state index in [0.29, 0.717) is 12.5 Å². The van der Waals surface area contributed by atoms with Gasteiger partial charge in [0.05, 0.1) is 0 Å². The van der Waals surface area contributed by atoms with Gasteiger partial charge in [0, 0.05) is 29.6 Å². The van der Waals surface area contributed by atoms with Gasteiger partial charge in [0.2, 0.25) is 0 Å². The Labute approximate surface area is 145 Å². The first-order chi connectivity index (χ1) is 11.6. The van der Waals surface area contributed by atoms with Gasteiger partial charge in [0.25, 0.3) is 0 Å². The average Bonchev–Trinajstić information content (AvgIpc) is 2.97. The van der Waals surface area contributed by atoms with Crippen molar-refractivity contribution in [3.8, 4) is 0 Å². The lowest BCUT2D eigenvalue weighted by Crippen LogP contribution is -2.40. The fraction of sp³-hybridized carbons (Fsp3) is 0.571. The molecule has 1 aromatic heterocycles. The molecule has 0 radical (unpaired) electrons. The van der Waals surface area contributed by atoms with E-state index in [1.54, 1.807) is 6.92 Å². The van der Waals surface area contributed by atoms with Gasteiger partial charge >= 0.3 is 0 Å². The molecule has 1 aliphatic carbocycles. The van der Waals surface area contributed by atoms with E-state index >= 15 is 0 Å². The number of carbonyl (C=O) groups is 1. The van der Waals surface area contributed by atoms with Crippen LogP contribution < -0.4 is 0 Å². The topological polar surface area (TPSA) is 36.1 Å². The number of nitrogens with zero attached hydrogens (tertiary/aromatic N) is 1. The number of aromatic nitrogens is 1. The van der Waals surface area contributed by atoms with E-state index in [4.69, 9.17) is 0 Å². The molecule has 0 aliphatic heterocycles. The van der Waals surface area contributed by atoms with Gasteiger partial charge in [-0.2, -0.15) is 0 Å². The number of nitrogens with one attached hydrogen (secondary N) is 1. The summed E-state index contributed by atoms with van der Waals surface area (Å²) in [5.74, 6) is 0.235. The molecule has 3 rings (SSSR count). The summed E-state index contributed by atoms with van der Waals surface area (Å²) in [6.45, 7) is 8.64. The zero-order valence-corrected chi connectivity index (χ0v) is 15.3. The molecule has 0 saturated heterocycles. The van der Waals surface area contributed by atoms with Crippen LogP contribution in [0.25, 0.3) is 10.9 Å². The highest BCUT2D eigenvalue weighted by Crippen LogP contribution is 2.33. The molecule has 0 bridgehead atoms. The molecule has 0 fully saturated rings. The molecule has 1 aromatic carbocycles. The molecule has 1 N–H and O–H groups in total. The summed E-state index contributed by atoms with van der Waals surface area (Å²) in [7, 11) is 0. The fourth-order valence-electron chi connectivity index (χ4n) is 4.33. The molecule has 3 heteroatoms. The summed E-state index contributed by atoms with van der Waals surface area (Å²) < 4.78 is 0. The molecule has 1 heterocycles. The van der Waals surface area contributed by atoms with Crippen molar-refractivity contribution in [3.05, 3.63) is 35.0 Å². The van der Waals surface area contributed by atoms with E-state index in [2.05, 4.69) is 35.9 Å². The normalized spacial score (nSPS) is 17.4. The second-order valence-corrected chi connectivity index (χ2v) is 7.25. The lowest BCUT2D eigenvalue weighted by atomic mass is 9.84. The van der Waals surface area contributed by atoms with Crippen molar-refractivity contribution in [3.63, 3.8) is 0 Å². The van der Waals surface area contributed by atoms with Crippen molar-refractivity contribution >= 4 is 16.7 Å². The monoisotopic (exact) mass is 326 g/mol. The maximum Gasteiger partial charge on any atom is 0.134 e. The number of Topliss-reactive ketones (excluding diaryl/α,β-unsaturated/α-hetero) is 1. The van der Waals surface area contributed by atoms with Gasteiger partial charge in [0.15, 0.2) is 0 Å². The van der Waals surface area contributed by atoms with Gasteiger partial charge in [0.1, 0.15) is 5.78 Å². The van der Waals surface area contributed by atoms with Crippen LogP contribution >= 0.6 is 0 Å². The van der Waals surface area contributed by atoms with Crippen LogP contribution in [0.15, 0.2) is 18.3 Å². The minimum absolute atomic E-state index is 0.235. The molecule has 1 atom stereocenters. The molecule has 0 amide bonds. The third-order valence-corrected chi connectivity index (χ3v) is 5.29. The fourth-order valence-corrected chi connectivity index (χ4v) is 4.33. The van der Waals surface area contributed by atoms with E-state index in [1.165, 1.54) is 59.9 Å².